The first-order chi connectivity index (χ1) is 8.79. The molecule has 0 bridgehead atoms. The molecule has 0 saturated carbocycles. The average molecular weight is 246 g/mol. The van der Waals surface area contributed by atoms with E-state index in [0.717, 1.165) is 25.3 Å². The summed E-state index contributed by atoms with van der Waals surface area (Å²) < 4.78 is 5.39. The van der Waals surface area contributed by atoms with Crippen LogP contribution < -0.4 is 0 Å². The zero-order valence-electron chi connectivity index (χ0n) is 10.4. The third-order valence-corrected chi connectivity index (χ3v) is 3.99. The van der Waals surface area contributed by atoms with Gasteiger partial charge >= 0.3 is 0 Å². The van der Waals surface area contributed by atoms with Crippen LogP contribution in [-0.2, 0) is 11.3 Å². The fourth-order valence-corrected chi connectivity index (χ4v) is 3.18. The molecule has 3 rings (SSSR count). The molecule has 2 fully saturated rings. The third kappa shape index (κ3) is 1.86. The van der Waals surface area contributed by atoms with Gasteiger partial charge in [0.2, 0.25) is 5.91 Å². The molecule has 0 aromatic carbocycles. The van der Waals surface area contributed by atoms with Crippen molar-refractivity contribution in [3.8, 4) is 0 Å². The van der Waals surface area contributed by atoms with Crippen molar-refractivity contribution in [2.75, 3.05) is 13.1 Å². The molecule has 2 aliphatic heterocycles. The van der Waals surface area contributed by atoms with Gasteiger partial charge in [-0.3, -0.25) is 9.69 Å². The Kier molecular flexibility index (Phi) is 2.96. The number of fused-ring (bicyclic) bond motifs is 1. The van der Waals surface area contributed by atoms with Crippen molar-refractivity contribution < 1.29 is 9.21 Å². The molecule has 0 unspecified atom stereocenters. The second kappa shape index (κ2) is 4.61. The summed E-state index contributed by atoms with van der Waals surface area (Å²) in [6.07, 6.45) is 5.21. The average Bonchev–Trinajstić information content (AvgIpc) is 3.03. The van der Waals surface area contributed by atoms with Crippen molar-refractivity contribution in [2.45, 2.75) is 31.5 Å². The van der Waals surface area contributed by atoms with Gasteiger partial charge in [-0.2, -0.15) is 0 Å². The maximum atomic E-state index is 12.0. The van der Waals surface area contributed by atoms with Gasteiger partial charge in [0.05, 0.1) is 12.8 Å². The molecule has 0 radical (unpaired) electrons. The van der Waals surface area contributed by atoms with Crippen molar-refractivity contribution in [3.05, 3.63) is 36.8 Å². The molecule has 4 nitrogen and oxygen atoms in total. The standard InChI is InChI=1S/C14H18N2O2/c1-2-6-16-12-5-7-15(13(12)9-14(16)17)10-11-4-3-8-18-11/h2-4,8,12-13H,1,5-7,9-10H2/t12-,13-/m0/s1. The second-order valence-electron chi connectivity index (χ2n) is 5.01. The Hall–Kier alpha value is -1.55. The summed E-state index contributed by atoms with van der Waals surface area (Å²) in [5.41, 5.74) is 0. The van der Waals surface area contributed by atoms with Crippen molar-refractivity contribution in [1.29, 1.82) is 0 Å². The lowest BCUT2D eigenvalue weighted by Crippen LogP contribution is -2.37. The van der Waals surface area contributed by atoms with Crippen molar-refractivity contribution in [1.82, 2.24) is 9.80 Å². The van der Waals surface area contributed by atoms with Crippen LogP contribution >= 0.6 is 0 Å². The minimum atomic E-state index is 0.258. The Morgan fingerprint density at radius 1 is 1.50 bits per heavy atom. The summed E-state index contributed by atoms with van der Waals surface area (Å²) in [6, 6.07) is 4.62. The summed E-state index contributed by atoms with van der Waals surface area (Å²) in [6.45, 7) is 6.25. The number of hydrogen-bond acceptors (Lipinski definition) is 3. The topological polar surface area (TPSA) is 36.7 Å². The van der Waals surface area contributed by atoms with Gasteiger partial charge < -0.3 is 9.32 Å². The fraction of sp³-hybridized carbons (Fsp3) is 0.500. The van der Waals surface area contributed by atoms with E-state index in [-0.39, 0.29) is 5.91 Å². The quantitative estimate of drug-likeness (QED) is 0.758. The highest BCUT2D eigenvalue weighted by atomic mass is 16.3. The Labute approximate surface area is 107 Å². The van der Waals surface area contributed by atoms with E-state index in [1.54, 1.807) is 6.26 Å². The number of amides is 1. The largest absolute Gasteiger partial charge is 0.468 e. The van der Waals surface area contributed by atoms with E-state index in [9.17, 15) is 4.79 Å². The van der Waals surface area contributed by atoms with E-state index >= 15 is 0 Å². The molecule has 18 heavy (non-hydrogen) atoms. The number of carbonyl (C=O) groups excluding carboxylic acids is 1. The minimum absolute atomic E-state index is 0.258. The van der Waals surface area contributed by atoms with Gasteiger partial charge in [0, 0.05) is 31.6 Å². The molecule has 1 aromatic heterocycles. The summed E-state index contributed by atoms with van der Waals surface area (Å²) in [5, 5.41) is 0. The Balaban J connectivity index is 1.70. The van der Waals surface area contributed by atoms with Gasteiger partial charge in [-0.05, 0) is 18.6 Å². The molecule has 1 amide bonds. The summed E-state index contributed by atoms with van der Waals surface area (Å²) in [4.78, 5) is 16.3. The number of carbonyl (C=O) groups is 1. The van der Waals surface area contributed by atoms with Gasteiger partial charge in [-0.1, -0.05) is 6.08 Å². The van der Waals surface area contributed by atoms with Crippen molar-refractivity contribution in [3.63, 3.8) is 0 Å². The molecular weight excluding hydrogens is 228 g/mol. The maximum absolute atomic E-state index is 12.0. The number of nitrogens with zero attached hydrogens (tertiary/aromatic N) is 2. The van der Waals surface area contributed by atoms with Crippen LogP contribution in [0.1, 0.15) is 18.6 Å². The molecule has 96 valence electrons. The molecule has 0 aliphatic carbocycles. The van der Waals surface area contributed by atoms with Gasteiger partial charge in [0.1, 0.15) is 5.76 Å². The highest BCUT2D eigenvalue weighted by Gasteiger charge is 2.46. The highest BCUT2D eigenvalue weighted by Crippen LogP contribution is 2.33. The summed E-state index contributed by atoms with van der Waals surface area (Å²) >= 11 is 0. The zero-order valence-corrected chi connectivity index (χ0v) is 10.4. The first kappa shape index (κ1) is 11.5. The van der Waals surface area contributed by atoms with Gasteiger partial charge in [0.15, 0.2) is 0 Å². The monoisotopic (exact) mass is 246 g/mol. The van der Waals surface area contributed by atoms with Crippen molar-refractivity contribution in [2.24, 2.45) is 0 Å². The predicted octanol–water partition coefficient (Wildman–Crippen LogP) is 1.64. The van der Waals surface area contributed by atoms with E-state index in [2.05, 4.69) is 11.5 Å². The van der Waals surface area contributed by atoms with E-state index in [0.29, 0.717) is 25.0 Å². The summed E-state index contributed by atoms with van der Waals surface area (Å²) in [5.74, 6) is 1.24. The van der Waals surface area contributed by atoms with E-state index in [4.69, 9.17) is 4.42 Å². The third-order valence-electron chi connectivity index (χ3n) is 3.99. The van der Waals surface area contributed by atoms with Crippen LogP contribution in [0.5, 0.6) is 0 Å². The van der Waals surface area contributed by atoms with Crippen LogP contribution in [0, 0.1) is 0 Å². The van der Waals surface area contributed by atoms with Crippen LogP contribution in [0.2, 0.25) is 0 Å². The predicted molar refractivity (Wildman–Crippen MR) is 67.8 cm³/mol. The van der Waals surface area contributed by atoms with E-state index in [1.807, 2.05) is 23.1 Å². The Bertz CT molecular complexity index is 441. The van der Waals surface area contributed by atoms with Crippen molar-refractivity contribution >= 4 is 5.91 Å². The molecular formula is C14H18N2O2. The lowest BCUT2D eigenvalue weighted by molar-refractivity contribution is -0.128. The molecule has 3 heterocycles. The molecule has 2 atom stereocenters. The lowest BCUT2D eigenvalue weighted by atomic mass is 10.1. The first-order valence-electron chi connectivity index (χ1n) is 6.46. The number of likely N-dealkylation sites (tertiary alicyclic amines) is 2. The van der Waals surface area contributed by atoms with Gasteiger partial charge in [-0.15, -0.1) is 6.58 Å². The summed E-state index contributed by atoms with van der Waals surface area (Å²) in [7, 11) is 0. The molecule has 1 aromatic rings. The number of furan rings is 1. The van der Waals surface area contributed by atoms with Gasteiger partial charge in [0.25, 0.3) is 0 Å². The Morgan fingerprint density at radius 3 is 3.11 bits per heavy atom. The molecule has 2 saturated heterocycles. The highest BCUT2D eigenvalue weighted by molar-refractivity contribution is 5.80. The smallest absolute Gasteiger partial charge is 0.224 e. The molecule has 0 spiro atoms. The van der Waals surface area contributed by atoms with Crippen LogP contribution in [0.4, 0.5) is 0 Å². The van der Waals surface area contributed by atoms with Crippen LogP contribution in [0.25, 0.3) is 0 Å². The Morgan fingerprint density at radius 2 is 2.39 bits per heavy atom. The lowest BCUT2D eigenvalue weighted by Gasteiger charge is -2.24. The van der Waals surface area contributed by atoms with Crippen LogP contribution in [0.15, 0.2) is 35.5 Å². The fourth-order valence-electron chi connectivity index (χ4n) is 3.18. The van der Waals surface area contributed by atoms with E-state index in [1.165, 1.54) is 0 Å². The SMILES string of the molecule is C=CCN1C(=O)C[C@H]2[C@@H]1CCN2Cc1ccco1. The normalized spacial score (nSPS) is 27.8. The molecule has 0 N–H and O–H groups in total. The first-order valence-corrected chi connectivity index (χ1v) is 6.46. The molecule has 4 heteroatoms. The minimum Gasteiger partial charge on any atom is -0.468 e. The zero-order chi connectivity index (χ0) is 12.5. The van der Waals surface area contributed by atoms with Gasteiger partial charge in [-0.25, -0.2) is 0 Å². The van der Waals surface area contributed by atoms with E-state index < -0.39 is 0 Å². The maximum Gasteiger partial charge on any atom is 0.224 e. The number of hydrogen-bond donors (Lipinski definition) is 0. The number of rotatable bonds is 4. The van der Waals surface area contributed by atoms with Crippen LogP contribution in [0.3, 0.4) is 0 Å². The van der Waals surface area contributed by atoms with Crippen LogP contribution in [-0.4, -0.2) is 40.9 Å². The molecule has 2 aliphatic rings. The second-order valence-corrected chi connectivity index (χ2v) is 5.01.